The average molecular weight is 263 g/mol. The molecular weight excluding hydrogens is 252 g/mol. The SMILES string of the molecule is Brc1cccc2c(C3CCC3)ncnc12. The van der Waals surface area contributed by atoms with Crippen molar-refractivity contribution in [2.24, 2.45) is 0 Å². The van der Waals surface area contributed by atoms with Crippen molar-refractivity contribution in [3.05, 3.63) is 34.7 Å². The van der Waals surface area contributed by atoms with E-state index in [0.29, 0.717) is 5.92 Å². The van der Waals surface area contributed by atoms with E-state index in [4.69, 9.17) is 0 Å². The summed E-state index contributed by atoms with van der Waals surface area (Å²) in [5.74, 6) is 0.657. The van der Waals surface area contributed by atoms with Gasteiger partial charge in [-0.15, -0.1) is 0 Å². The molecule has 3 rings (SSSR count). The smallest absolute Gasteiger partial charge is 0.116 e. The molecule has 0 N–H and O–H groups in total. The lowest BCUT2D eigenvalue weighted by atomic mass is 9.81. The molecule has 76 valence electrons. The van der Waals surface area contributed by atoms with E-state index in [1.165, 1.54) is 30.3 Å². The van der Waals surface area contributed by atoms with E-state index in [-0.39, 0.29) is 0 Å². The molecule has 2 aromatic rings. The normalized spacial score (nSPS) is 16.6. The molecule has 0 aliphatic heterocycles. The molecule has 15 heavy (non-hydrogen) atoms. The topological polar surface area (TPSA) is 25.8 Å². The van der Waals surface area contributed by atoms with Gasteiger partial charge in [0.1, 0.15) is 6.33 Å². The molecule has 1 aromatic heterocycles. The average Bonchev–Trinajstić information content (AvgIpc) is 2.17. The van der Waals surface area contributed by atoms with Gasteiger partial charge in [0.2, 0.25) is 0 Å². The van der Waals surface area contributed by atoms with Crippen LogP contribution < -0.4 is 0 Å². The van der Waals surface area contributed by atoms with Crippen LogP contribution in [0.15, 0.2) is 29.0 Å². The maximum atomic E-state index is 4.44. The Kier molecular flexibility index (Phi) is 2.20. The number of halogens is 1. The lowest BCUT2D eigenvalue weighted by Crippen LogP contribution is -2.11. The monoisotopic (exact) mass is 262 g/mol. The Bertz CT molecular complexity index is 506. The predicted molar refractivity (Wildman–Crippen MR) is 63.8 cm³/mol. The summed E-state index contributed by atoms with van der Waals surface area (Å²) in [5, 5.41) is 1.21. The van der Waals surface area contributed by atoms with E-state index in [2.05, 4.69) is 38.0 Å². The van der Waals surface area contributed by atoms with Crippen LogP contribution in [0.5, 0.6) is 0 Å². The van der Waals surface area contributed by atoms with Crippen LogP contribution in [0, 0.1) is 0 Å². The molecule has 1 aliphatic carbocycles. The van der Waals surface area contributed by atoms with Gasteiger partial charge in [-0.3, -0.25) is 0 Å². The molecule has 1 aromatic carbocycles. The third kappa shape index (κ3) is 1.46. The van der Waals surface area contributed by atoms with Gasteiger partial charge >= 0.3 is 0 Å². The first kappa shape index (κ1) is 9.28. The van der Waals surface area contributed by atoms with Crippen molar-refractivity contribution in [1.82, 2.24) is 9.97 Å². The maximum absolute atomic E-state index is 4.44. The number of hydrogen-bond donors (Lipinski definition) is 0. The predicted octanol–water partition coefficient (Wildman–Crippen LogP) is 3.66. The van der Waals surface area contributed by atoms with Crippen LogP contribution in [0.3, 0.4) is 0 Å². The van der Waals surface area contributed by atoms with Gasteiger partial charge in [-0.2, -0.15) is 0 Å². The Morgan fingerprint density at radius 3 is 2.80 bits per heavy atom. The Morgan fingerprint density at radius 2 is 2.07 bits per heavy atom. The van der Waals surface area contributed by atoms with Gasteiger partial charge in [0.05, 0.1) is 11.2 Å². The van der Waals surface area contributed by atoms with E-state index < -0.39 is 0 Å². The Balaban J connectivity index is 2.25. The van der Waals surface area contributed by atoms with E-state index >= 15 is 0 Å². The van der Waals surface area contributed by atoms with Gasteiger partial charge in [-0.1, -0.05) is 18.6 Å². The molecular formula is C12H11BrN2. The summed E-state index contributed by atoms with van der Waals surface area (Å²) in [5.41, 5.74) is 2.27. The van der Waals surface area contributed by atoms with Crippen LogP contribution in [-0.2, 0) is 0 Å². The Labute approximate surface area is 96.9 Å². The largest absolute Gasteiger partial charge is 0.240 e. The lowest BCUT2D eigenvalue weighted by Gasteiger charge is -2.25. The Hall–Kier alpha value is -0.960. The van der Waals surface area contributed by atoms with Crippen molar-refractivity contribution in [3.63, 3.8) is 0 Å². The second-order valence-electron chi connectivity index (χ2n) is 4.02. The zero-order chi connectivity index (χ0) is 10.3. The summed E-state index contributed by atoms with van der Waals surface area (Å²) < 4.78 is 1.06. The molecule has 0 unspecified atom stereocenters. The zero-order valence-corrected chi connectivity index (χ0v) is 9.87. The summed E-state index contributed by atoms with van der Waals surface area (Å²) in [6.07, 6.45) is 5.57. The first-order chi connectivity index (χ1) is 7.36. The number of para-hydroxylation sites is 1. The maximum Gasteiger partial charge on any atom is 0.116 e. The third-order valence-electron chi connectivity index (χ3n) is 3.14. The van der Waals surface area contributed by atoms with Crippen LogP contribution in [0.4, 0.5) is 0 Å². The number of rotatable bonds is 1. The molecule has 0 saturated heterocycles. The highest BCUT2D eigenvalue weighted by Crippen LogP contribution is 2.38. The molecule has 0 atom stereocenters. The van der Waals surface area contributed by atoms with Crippen LogP contribution in [0.25, 0.3) is 10.9 Å². The highest BCUT2D eigenvalue weighted by atomic mass is 79.9. The molecule has 2 nitrogen and oxygen atoms in total. The minimum atomic E-state index is 0.657. The Morgan fingerprint density at radius 1 is 1.20 bits per heavy atom. The van der Waals surface area contributed by atoms with E-state index in [0.717, 1.165) is 9.99 Å². The fraction of sp³-hybridized carbons (Fsp3) is 0.333. The number of fused-ring (bicyclic) bond motifs is 1. The summed E-state index contributed by atoms with van der Waals surface area (Å²) in [4.78, 5) is 8.76. The number of benzene rings is 1. The second kappa shape index (κ2) is 3.56. The van der Waals surface area contributed by atoms with Gasteiger partial charge in [0.25, 0.3) is 0 Å². The van der Waals surface area contributed by atoms with Crippen molar-refractivity contribution in [3.8, 4) is 0 Å². The number of hydrogen-bond acceptors (Lipinski definition) is 2. The molecule has 0 amide bonds. The van der Waals surface area contributed by atoms with E-state index in [9.17, 15) is 0 Å². The molecule has 1 saturated carbocycles. The molecule has 0 radical (unpaired) electrons. The standard InChI is InChI=1S/C12H11BrN2/c13-10-6-2-5-9-11(8-3-1-4-8)14-7-15-12(9)10/h2,5-8H,1,3-4H2. The summed E-state index contributed by atoms with van der Waals surface area (Å²) >= 11 is 3.53. The fourth-order valence-corrected chi connectivity index (χ4v) is 2.55. The van der Waals surface area contributed by atoms with E-state index in [1.54, 1.807) is 6.33 Å². The molecule has 1 aliphatic rings. The summed E-state index contributed by atoms with van der Waals surface area (Å²) in [6.45, 7) is 0. The summed E-state index contributed by atoms with van der Waals surface area (Å²) in [7, 11) is 0. The molecule has 1 heterocycles. The first-order valence-corrected chi connectivity index (χ1v) is 6.04. The zero-order valence-electron chi connectivity index (χ0n) is 8.28. The minimum Gasteiger partial charge on any atom is -0.240 e. The second-order valence-corrected chi connectivity index (χ2v) is 4.88. The molecule has 0 spiro atoms. The number of nitrogens with zero attached hydrogens (tertiary/aromatic N) is 2. The van der Waals surface area contributed by atoms with Crippen LogP contribution in [-0.4, -0.2) is 9.97 Å². The van der Waals surface area contributed by atoms with Crippen LogP contribution in [0.2, 0.25) is 0 Å². The lowest BCUT2D eigenvalue weighted by molar-refractivity contribution is 0.413. The van der Waals surface area contributed by atoms with E-state index in [1.807, 2.05) is 6.07 Å². The van der Waals surface area contributed by atoms with Crippen molar-refractivity contribution in [2.75, 3.05) is 0 Å². The molecule has 1 fully saturated rings. The van der Waals surface area contributed by atoms with Crippen LogP contribution >= 0.6 is 15.9 Å². The molecule has 0 bridgehead atoms. The summed E-state index contributed by atoms with van der Waals surface area (Å²) in [6, 6.07) is 6.20. The van der Waals surface area contributed by atoms with Gasteiger partial charge < -0.3 is 0 Å². The van der Waals surface area contributed by atoms with Gasteiger partial charge in [-0.05, 0) is 34.8 Å². The third-order valence-corrected chi connectivity index (χ3v) is 3.78. The van der Waals surface area contributed by atoms with Crippen LogP contribution in [0.1, 0.15) is 30.9 Å². The van der Waals surface area contributed by atoms with Crippen molar-refractivity contribution >= 4 is 26.8 Å². The molecule has 3 heteroatoms. The number of aromatic nitrogens is 2. The highest BCUT2D eigenvalue weighted by Gasteiger charge is 2.23. The van der Waals surface area contributed by atoms with Gasteiger partial charge in [0, 0.05) is 15.8 Å². The minimum absolute atomic E-state index is 0.657. The highest BCUT2D eigenvalue weighted by molar-refractivity contribution is 9.10. The fourth-order valence-electron chi connectivity index (χ4n) is 2.08. The quantitative estimate of drug-likeness (QED) is 0.784. The van der Waals surface area contributed by atoms with Crippen molar-refractivity contribution in [2.45, 2.75) is 25.2 Å². The van der Waals surface area contributed by atoms with Crippen molar-refractivity contribution in [1.29, 1.82) is 0 Å². The van der Waals surface area contributed by atoms with Crippen molar-refractivity contribution < 1.29 is 0 Å². The first-order valence-electron chi connectivity index (χ1n) is 5.25. The van der Waals surface area contributed by atoms with Gasteiger partial charge in [0.15, 0.2) is 0 Å². The van der Waals surface area contributed by atoms with Gasteiger partial charge in [-0.25, -0.2) is 9.97 Å².